The standard InChI is InChI=1S/C24H21N3O2S3/c28-22(27-17-7-3-6-16(14-17)23-30-12-5-13-31-23)21-19(15-32-24-25-10-4-11-26-24)18-8-1-2-9-20(18)29-21/h1-4,6-11,14,23H,5,12-13,15H2,(H,27,28). The molecular weight excluding hydrogens is 458 g/mol. The second-order valence-electron chi connectivity index (χ2n) is 7.23. The van der Waals surface area contributed by atoms with E-state index in [1.165, 1.54) is 35.3 Å². The lowest BCUT2D eigenvalue weighted by molar-refractivity contribution is 0.0998. The average Bonchev–Trinajstić information content (AvgIpc) is 3.23. The summed E-state index contributed by atoms with van der Waals surface area (Å²) in [6, 6.07) is 17.7. The zero-order valence-electron chi connectivity index (χ0n) is 17.2. The summed E-state index contributed by atoms with van der Waals surface area (Å²) in [6.45, 7) is 0. The molecule has 0 saturated carbocycles. The van der Waals surface area contributed by atoms with Gasteiger partial charge in [-0.2, -0.15) is 0 Å². The van der Waals surface area contributed by atoms with Crippen LogP contribution < -0.4 is 5.32 Å². The highest BCUT2D eigenvalue weighted by Gasteiger charge is 2.22. The van der Waals surface area contributed by atoms with Crippen LogP contribution in [0, 0.1) is 0 Å². The number of carbonyl (C=O) groups excluding carboxylic acids is 1. The first-order valence-corrected chi connectivity index (χ1v) is 13.4. The van der Waals surface area contributed by atoms with Crippen LogP contribution in [-0.2, 0) is 5.75 Å². The molecule has 32 heavy (non-hydrogen) atoms. The van der Waals surface area contributed by atoms with E-state index in [1.807, 2.05) is 59.9 Å². The van der Waals surface area contributed by atoms with Crippen molar-refractivity contribution in [3.8, 4) is 0 Å². The SMILES string of the molecule is O=C(Nc1cccc(C2SCCCS2)c1)c1oc2ccccc2c1CSc1ncccn1. The van der Waals surface area contributed by atoms with Crippen molar-refractivity contribution in [1.82, 2.24) is 9.97 Å². The van der Waals surface area contributed by atoms with Gasteiger partial charge in [0.1, 0.15) is 5.58 Å². The minimum absolute atomic E-state index is 0.244. The molecule has 4 aromatic rings. The lowest BCUT2D eigenvalue weighted by Crippen LogP contribution is -2.13. The van der Waals surface area contributed by atoms with Crippen LogP contribution in [0.3, 0.4) is 0 Å². The summed E-state index contributed by atoms with van der Waals surface area (Å²) in [4.78, 5) is 21.8. The van der Waals surface area contributed by atoms with Gasteiger partial charge in [0.15, 0.2) is 10.9 Å². The number of amides is 1. The summed E-state index contributed by atoms with van der Waals surface area (Å²) in [6.07, 6.45) is 4.68. The van der Waals surface area contributed by atoms with Crippen molar-refractivity contribution in [2.24, 2.45) is 0 Å². The third-order valence-electron chi connectivity index (χ3n) is 5.04. The molecule has 5 rings (SSSR count). The van der Waals surface area contributed by atoms with Crippen molar-refractivity contribution in [2.75, 3.05) is 16.8 Å². The molecule has 162 valence electrons. The molecule has 1 aliphatic rings. The van der Waals surface area contributed by atoms with Gasteiger partial charge in [-0.3, -0.25) is 4.79 Å². The number of fused-ring (bicyclic) bond motifs is 1. The van der Waals surface area contributed by atoms with Crippen LogP contribution in [-0.4, -0.2) is 27.4 Å². The third kappa shape index (κ3) is 4.82. The molecule has 0 bridgehead atoms. The van der Waals surface area contributed by atoms with Gasteiger partial charge in [0.2, 0.25) is 0 Å². The molecule has 1 N–H and O–H groups in total. The van der Waals surface area contributed by atoms with Crippen molar-refractivity contribution in [1.29, 1.82) is 0 Å². The first kappa shape index (κ1) is 21.4. The summed E-state index contributed by atoms with van der Waals surface area (Å²) in [5.41, 5.74) is 3.57. The van der Waals surface area contributed by atoms with Gasteiger partial charge in [0.25, 0.3) is 5.91 Å². The number of carbonyl (C=O) groups is 1. The highest BCUT2D eigenvalue weighted by molar-refractivity contribution is 8.16. The minimum Gasteiger partial charge on any atom is -0.451 e. The van der Waals surface area contributed by atoms with Gasteiger partial charge in [-0.1, -0.05) is 42.1 Å². The summed E-state index contributed by atoms with van der Waals surface area (Å²) >= 11 is 5.42. The lowest BCUT2D eigenvalue weighted by Gasteiger charge is -2.21. The Morgan fingerprint density at radius 2 is 1.88 bits per heavy atom. The van der Waals surface area contributed by atoms with Gasteiger partial charge >= 0.3 is 0 Å². The Kier molecular flexibility index (Phi) is 6.71. The van der Waals surface area contributed by atoms with Gasteiger partial charge in [-0.05, 0) is 47.8 Å². The molecule has 1 amide bonds. The largest absolute Gasteiger partial charge is 0.451 e. The average molecular weight is 480 g/mol. The van der Waals surface area contributed by atoms with Crippen LogP contribution in [0.1, 0.15) is 32.7 Å². The Hall–Kier alpha value is -2.42. The van der Waals surface area contributed by atoms with Gasteiger partial charge in [0, 0.05) is 34.8 Å². The van der Waals surface area contributed by atoms with Crippen LogP contribution in [0.25, 0.3) is 11.0 Å². The zero-order valence-corrected chi connectivity index (χ0v) is 19.6. The Bertz CT molecular complexity index is 1220. The number of benzene rings is 2. The van der Waals surface area contributed by atoms with Crippen molar-refractivity contribution in [3.63, 3.8) is 0 Å². The number of para-hydroxylation sites is 1. The molecule has 2 aromatic carbocycles. The van der Waals surface area contributed by atoms with Crippen LogP contribution in [0.4, 0.5) is 5.69 Å². The highest BCUT2D eigenvalue weighted by atomic mass is 32.2. The number of nitrogens with one attached hydrogen (secondary N) is 1. The van der Waals surface area contributed by atoms with Crippen LogP contribution in [0.15, 0.2) is 76.6 Å². The fourth-order valence-electron chi connectivity index (χ4n) is 3.55. The number of nitrogens with zero attached hydrogens (tertiary/aromatic N) is 2. The minimum atomic E-state index is -0.244. The van der Waals surface area contributed by atoms with Gasteiger partial charge in [-0.25, -0.2) is 9.97 Å². The molecule has 8 heteroatoms. The van der Waals surface area contributed by atoms with Crippen LogP contribution in [0.5, 0.6) is 0 Å². The molecule has 2 aromatic heterocycles. The Labute approximate surface area is 199 Å². The summed E-state index contributed by atoms with van der Waals surface area (Å²) in [5.74, 6) is 2.99. The molecule has 0 radical (unpaired) electrons. The second-order valence-corrected chi connectivity index (χ2v) is 10.9. The normalized spacial score (nSPS) is 14.5. The monoisotopic (exact) mass is 479 g/mol. The van der Waals surface area contributed by atoms with E-state index in [9.17, 15) is 4.79 Å². The van der Waals surface area contributed by atoms with Crippen molar-refractivity contribution in [3.05, 3.63) is 83.9 Å². The highest BCUT2D eigenvalue weighted by Crippen LogP contribution is 2.44. The topological polar surface area (TPSA) is 68.0 Å². The van der Waals surface area contributed by atoms with E-state index < -0.39 is 0 Å². The van der Waals surface area contributed by atoms with Crippen molar-refractivity contribution >= 4 is 57.8 Å². The Balaban J connectivity index is 1.39. The van der Waals surface area contributed by atoms with Gasteiger partial charge in [0.05, 0.1) is 4.58 Å². The Morgan fingerprint density at radius 3 is 2.72 bits per heavy atom. The smallest absolute Gasteiger partial charge is 0.291 e. The maximum absolute atomic E-state index is 13.2. The molecule has 0 unspecified atom stereocenters. The predicted molar refractivity (Wildman–Crippen MR) is 134 cm³/mol. The zero-order chi connectivity index (χ0) is 21.8. The summed E-state index contributed by atoms with van der Waals surface area (Å²) < 4.78 is 6.41. The molecule has 1 aliphatic heterocycles. The molecule has 3 heterocycles. The maximum Gasteiger partial charge on any atom is 0.291 e. The number of thioether (sulfide) groups is 3. The van der Waals surface area contributed by atoms with E-state index in [0.29, 0.717) is 26.8 Å². The van der Waals surface area contributed by atoms with Crippen molar-refractivity contribution < 1.29 is 9.21 Å². The van der Waals surface area contributed by atoms with E-state index in [1.54, 1.807) is 18.5 Å². The van der Waals surface area contributed by atoms with Crippen molar-refractivity contribution in [2.45, 2.75) is 21.9 Å². The maximum atomic E-state index is 13.2. The molecule has 1 saturated heterocycles. The van der Waals surface area contributed by atoms with Gasteiger partial charge in [-0.15, -0.1) is 23.5 Å². The van der Waals surface area contributed by atoms with E-state index in [4.69, 9.17) is 4.42 Å². The summed E-state index contributed by atoms with van der Waals surface area (Å²) in [7, 11) is 0. The van der Waals surface area contributed by atoms with Crippen LogP contribution >= 0.6 is 35.3 Å². The summed E-state index contributed by atoms with van der Waals surface area (Å²) in [5, 5.41) is 4.65. The number of hydrogen-bond donors (Lipinski definition) is 1. The number of aromatic nitrogens is 2. The lowest BCUT2D eigenvalue weighted by atomic mass is 10.1. The molecule has 0 atom stereocenters. The van der Waals surface area contributed by atoms with Gasteiger partial charge < -0.3 is 9.73 Å². The molecule has 0 spiro atoms. The van der Waals surface area contributed by atoms with E-state index in [2.05, 4.69) is 27.4 Å². The van der Waals surface area contributed by atoms with E-state index in [0.717, 1.165) is 16.6 Å². The molecule has 0 aliphatic carbocycles. The number of hydrogen-bond acceptors (Lipinski definition) is 7. The molecule has 1 fully saturated rings. The number of anilines is 1. The predicted octanol–water partition coefficient (Wildman–Crippen LogP) is 6.64. The molecule has 5 nitrogen and oxygen atoms in total. The number of rotatable bonds is 6. The molecular formula is C24H21N3O2S3. The quantitative estimate of drug-likeness (QED) is 0.246. The fraction of sp³-hybridized carbons (Fsp3) is 0.208. The third-order valence-corrected chi connectivity index (χ3v) is 8.95. The first-order valence-electron chi connectivity index (χ1n) is 10.3. The second kappa shape index (κ2) is 10.0. The van der Waals surface area contributed by atoms with E-state index >= 15 is 0 Å². The first-order chi connectivity index (χ1) is 15.8. The fourth-order valence-corrected chi connectivity index (χ4v) is 7.26. The van der Waals surface area contributed by atoms with Crippen LogP contribution in [0.2, 0.25) is 0 Å². The Morgan fingerprint density at radius 1 is 1.06 bits per heavy atom. The number of furan rings is 1. The van der Waals surface area contributed by atoms with E-state index in [-0.39, 0.29) is 5.91 Å².